The molecule has 1 N–H and O–H groups in total. The number of methoxy groups -OCH3 is 1. The molecule has 0 aliphatic rings. The van der Waals surface area contributed by atoms with Gasteiger partial charge in [-0.2, -0.15) is 5.10 Å². The summed E-state index contributed by atoms with van der Waals surface area (Å²) >= 11 is 9.54. The first-order valence-corrected chi connectivity index (χ1v) is 9.52. The lowest BCUT2D eigenvalue weighted by Crippen LogP contribution is -2.24. The molecular formula is C17H16BrClN6O4. The molecule has 0 radical (unpaired) electrons. The Hall–Kier alpha value is -2.92. The van der Waals surface area contributed by atoms with Crippen molar-refractivity contribution < 1.29 is 14.5 Å². The maximum Gasteiger partial charge on any atom is 0.350 e. The quantitative estimate of drug-likeness (QED) is 0.405. The second-order valence-corrected chi connectivity index (χ2v) is 7.30. The van der Waals surface area contributed by atoms with Crippen LogP contribution in [0.4, 0.5) is 11.5 Å². The number of amides is 1. The maximum atomic E-state index is 12.6. The summed E-state index contributed by atoms with van der Waals surface area (Å²) in [5.41, 5.74) is 0.559. The first-order chi connectivity index (χ1) is 13.8. The van der Waals surface area contributed by atoms with Crippen molar-refractivity contribution >= 4 is 44.9 Å². The molecule has 1 amide bonds. The number of ether oxygens (including phenoxy) is 1. The summed E-state index contributed by atoms with van der Waals surface area (Å²) < 4.78 is 8.26. The number of hydrogen-bond acceptors (Lipinski definition) is 6. The Labute approximate surface area is 178 Å². The fourth-order valence-corrected chi connectivity index (χ4v) is 3.15. The number of aromatic nitrogens is 4. The van der Waals surface area contributed by atoms with Crippen molar-refractivity contribution in [2.24, 2.45) is 0 Å². The number of nitrogens with zero attached hydrogens (tertiary/aromatic N) is 5. The molecule has 0 fully saturated rings. The van der Waals surface area contributed by atoms with Crippen LogP contribution in [0.5, 0.6) is 5.88 Å². The molecule has 152 valence electrons. The summed E-state index contributed by atoms with van der Waals surface area (Å²) in [6.45, 7) is 1.98. The normalized spacial score (nSPS) is 11.9. The van der Waals surface area contributed by atoms with E-state index in [1.165, 1.54) is 11.8 Å². The van der Waals surface area contributed by atoms with Crippen LogP contribution in [0.2, 0.25) is 5.02 Å². The zero-order chi connectivity index (χ0) is 21.1. The molecule has 1 atom stereocenters. The van der Waals surface area contributed by atoms with Gasteiger partial charge in [-0.15, -0.1) is 5.10 Å². The molecule has 3 aromatic rings. The Morgan fingerprint density at radius 1 is 1.38 bits per heavy atom. The lowest BCUT2D eigenvalue weighted by molar-refractivity contribution is -0.385. The highest BCUT2D eigenvalue weighted by Crippen LogP contribution is 2.27. The fraction of sp³-hybridized carbons (Fsp3) is 0.235. The molecule has 2 heterocycles. The van der Waals surface area contributed by atoms with Crippen LogP contribution >= 0.6 is 27.5 Å². The topological polar surface area (TPSA) is 117 Å². The van der Waals surface area contributed by atoms with Crippen LogP contribution in [-0.4, -0.2) is 37.5 Å². The molecule has 10 nitrogen and oxygen atoms in total. The Morgan fingerprint density at radius 3 is 2.72 bits per heavy atom. The summed E-state index contributed by atoms with van der Waals surface area (Å²) in [6, 6.07) is 6.56. The van der Waals surface area contributed by atoms with Gasteiger partial charge in [-0.05, 0) is 34.5 Å². The van der Waals surface area contributed by atoms with Gasteiger partial charge in [-0.1, -0.05) is 29.8 Å². The number of nitro groups is 1. The van der Waals surface area contributed by atoms with Crippen molar-refractivity contribution in [3.8, 4) is 5.88 Å². The van der Waals surface area contributed by atoms with Gasteiger partial charge in [0.2, 0.25) is 5.91 Å². The van der Waals surface area contributed by atoms with Gasteiger partial charge in [-0.25, -0.2) is 4.68 Å². The van der Waals surface area contributed by atoms with Gasteiger partial charge in [0.25, 0.3) is 0 Å². The van der Waals surface area contributed by atoms with Crippen molar-refractivity contribution in [1.29, 1.82) is 0 Å². The fourth-order valence-electron chi connectivity index (χ4n) is 2.54. The molecule has 0 bridgehead atoms. The molecule has 29 heavy (non-hydrogen) atoms. The lowest BCUT2D eigenvalue weighted by Gasteiger charge is -2.11. The van der Waals surface area contributed by atoms with E-state index in [1.807, 2.05) is 18.2 Å². The van der Waals surface area contributed by atoms with E-state index < -0.39 is 16.9 Å². The molecule has 0 aliphatic carbocycles. The van der Waals surface area contributed by atoms with E-state index in [1.54, 1.807) is 23.9 Å². The first-order valence-electron chi connectivity index (χ1n) is 8.35. The smallest absolute Gasteiger partial charge is 0.350 e. The van der Waals surface area contributed by atoms with Crippen LogP contribution in [0.15, 0.2) is 41.1 Å². The van der Waals surface area contributed by atoms with Crippen LogP contribution < -0.4 is 10.1 Å². The van der Waals surface area contributed by atoms with E-state index in [0.717, 1.165) is 11.8 Å². The van der Waals surface area contributed by atoms with Gasteiger partial charge in [0.1, 0.15) is 12.2 Å². The first kappa shape index (κ1) is 20.8. The third-order valence-electron chi connectivity index (χ3n) is 4.10. The van der Waals surface area contributed by atoms with Gasteiger partial charge in [0.05, 0.1) is 23.1 Å². The highest BCUT2D eigenvalue weighted by molar-refractivity contribution is 9.10. The molecule has 1 aromatic carbocycles. The maximum absolute atomic E-state index is 12.6. The molecule has 2 aromatic heterocycles. The molecule has 0 saturated heterocycles. The Morgan fingerprint density at radius 2 is 2.10 bits per heavy atom. The van der Waals surface area contributed by atoms with Gasteiger partial charge in [0.15, 0.2) is 5.82 Å². The zero-order valence-corrected chi connectivity index (χ0v) is 17.7. The minimum absolute atomic E-state index is 0.167. The van der Waals surface area contributed by atoms with Crippen molar-refractivity contribution in [3.05, 3.63) is 61.8 Å². The molecule has 0 aliphatic heterocycles. The molecule has 3 rings (SSSR count). The summed E-state index contributed by atoms with van der Waals surface area (Å²) in [4.78, 5) is 23.0. The second kappa shape index (κ2) is 8.62. The Balaban J connectivity index is 1.74. The van der Waals surface area contributed by atoms with Crippen LogP contribution in [0.25, 0.3) is 0 Å². The van der Waals surface area contributed by atoms with E-state index in [9.17, 15) is 14.9 Å². The van der Waals surface area contributed by atoms with Crippen molar-refractivity contribution in [2.75, 3.05) is 12.4 Å². The largest absolute Gasteiger partial charge is 0.475 e. The molecular weight excluding hydrogens is 468 g/mol. The predicted octanol–water partition coefficient (Wildman–Crippen LogP) is 3.66. The van der Waals surface area contributed by atoms with Crippen molar-refractivity contribution in [2.45, 2.75) is 19.5 Å². The number of nitrogens with one attached hydrogen (secondary N) is 1. The Bertz CT molecular complexity index is 1070. The van der Waals surface area contributed by atoms with Gasteiger partial charge < -0.3 is 10.1 Å². The third kappa shape index (κ3) is 4.57. The van der Waals surface area contributed by atoms with Gasteiger partial charge >= 0.3 is 11.6 Å². The van der Waals surface area contributed by atoms with Crippen LogP contribution in [0, 0.1) is 10.1 Å². The van der Waals surface area contributed by atoms with Crippen LogP contribution in [0.3, 0.4) is 0 Å². The van der Waals surface area contributed by atoms with Crippen LogP contribution in [0.1, 0.15) is 18.5 Å². The average Bonchev–Trinajstić information content (AvgIpc) is 3.26. The van der Waals surface area contributed by atoms with Gasteiger partial charge in [0, 0.05) is 11.2 Å². The zero-order valence-electron chi connectivity index (χ0n) is 15.4. The summed E-state index contributed by atoms with van der Waals surface area (Å²) in [7, 11) is 1.27. The summed E-state index contributed by atoms with van der Waals surface area (Å²) in [6.07, 6.45) is 2.86. The second-order valence-electron chi connectivity index (χ2n) is 6.04. The van der Waals surface area contributed by atoms with Crippen molar-refractivity contribution in [1.82, 2.24) is 19.6 Å². The van der Waals surface area contributed by atoms with E-state index in [4.69, 9.17) is 16.3 Å². The summed E-state index contributed by atoms with van der Waals surface area (Å²) in [5, 5.41) is 22.6. The molecule has 1 unspecified atom stereocenters. The van der Waals surface area contributed by atoms with Gasteiger partial charge in [-0.3, -0.25) is 19.6 Å². The van der Waals surface area contributed by atoms with E-state index in [0.29, 0.717) is 21.9 Å². The predicted molar refractivity (Wildman–Crippen MR) is 109 cm³/mol. The number of anilines is 1. The third-order valence-corrected chi connectivity index (χ3v) is 5.04. The van der Waals surface area contributed by atoms with E-state index >= 15 is 0 Å². The van der Waals surface area contributed by atoms with E-state index in [-0.39, 0.29) is 11.6 Å². The number of halogens is 2. The van der Waals surface area contributed by atoms with Crippen molar-refractivity contribution in [3.63, 3.8) is 0 Å². The summed E-state index contributed by atoms with van der Waals surface area (Å²) in [5.74, 6) is -0.309. The average molecular weight is 484 g/mol. The number of hydrogen-bond donors (Lipinski definition) is 1. The highest BCUT2D eigenvalue weighted by Gasteiger charge is 2.26. The van der Waals surface area contributed by atoms with E-state index in [2.05, 4.69) is 31.4 Å². The number of carbonyl (C=O) groups excluding carboxylic acids is 1. The lowest BCUT2D eigenvalue weighted by atomic mass is 10.2. The standard InChI is InChI=1S/C17H16BrClN6O4/c1-10(24-9-14(25(27)28)17(22-24)29-2)16(26)20-15-12(18)8-23(21-15)7-11-5-3-4-6-13(11)19/h3-6,8-10H,7H2,1-2H3,(H,20,21,26). The molecule has 12 heteroatoms. The number of carbonyl (C=O) groups is 1. The van der Waals surface area contributed by atoms with Crippen LogP contribution in [-0.2, 0) is 11.3 Å². The molecule has 0 saturated carbocycles. The monoisotopic (exact) mass is 482 g/mol. The number of rotatable bonds is 7. The minimum Gasteiger partial charge on any atom is -0.475 e. The molecule has 0 spiro atoms. The highest BCUT2D eigenvalue weighted by atomic mass is 79.9. The minimum atomic E-state index is -0.835. The SMILES string of the molecule is COc1nn(C(C)C(=O)Nc2nn(Cc3ccccc3Cl)cc2Br)cc1[N+](=O)[O-]. The Kier molecular flexibility index (Phi) is 6.18. The number of benzene rings is 1.